The van der Waals surface area contributed by atoms with E-state index in [9.17, 15) is 9.59 Å². The van der Waals surface area contributed by atoms with Gasteiger partial charge in [-0.05, 0) is 61.7 Å². The van der Waals surface area contributed by atoms with Crippen LogP contribution in [0.15, 0.2) is 66.7 Å². The fourth-order valence-electron chi connectivity index (χ4n) is 3.19. The van der Waals surface area contributed by atoms with Crippen molar-refractivity contribution in [1.82, 2.24) is 0 Å². The maximum Gasteiger partial charge on any atom is 0.338 e. The molecular weight excluding hydrogens is 378 g/mol. The predicted molar refractivity (Wildman–Crippen MR) is 117 cm³/mol. The van der Waals surface area contributed by atoms with E-state index in [1.165, 1.54) is 0 Å². The molecule has 0 saturated carbocycles. The van der Waals surface area contributed by atoms with Gasteiger partial charge in [0, 0.05) is 5.69 Å². The number of carbonyl (C=O) groups excluding carboxylic acids is 2. The van der Waals surface area contributed by atoms with Gasteiger partial charge in [0.15, 0.2) is 6.61 Å². The maximum atomic E-state index is 12.2. The average molecular weight is 403 g/mol. The maximum absolute atomic E-state index is 12.2. The molecule has 5 nitrogen and oxygen atoms in total. The molecule has 0 aromatic heterocycles. The molecule has 0 heterocycles. The van der Waals surface area contributed by atoms with Crippen LogP contribution in [0.3, 0.4) is 0 Å². The normalized spacial score (nSPS) is 10.4. The van der Waals surface area contributed by atoms with Crippen molar-refractivity contribution >= 4 is 17.6 Å². The number of nitrogens with one attached hydrogen (secondary N) is 1. The van der Waals surface area contributed by atoms with Crippen molar-refractivity contribution in [2.45, 2.75) is 27.4 Å². The lowest BCUT2D eigenvalue weighted by Crippen LogP contribution is -2.22. The number of hydrogen-bond acceptors (Lipinski definition) is 4. The quantitative estimate of drug-likeness (QED) is 0.565. The number of hydrogen-bond donors (Lipinski definition) is 1. The van der Waals surface area contributed by atoms with Crippen molar-refractivity contribution in [3.05, 3.63) is 94.5 Å². The Balaban J connectivity index is 1.50. The molecule has 30 heavy (non-hydrogen) atoms. The third-order valence-electron chi connectivity index (χ3n) is 4.61. The van der Waals surface area contributed by atoms with Crippen LogP contribution in [0.25, 0.3) is 0 Å². The van der Waals surface area contributed by atoms with Crippen LogP contribution in [0, 0.1) is 20.8 Å². The van der Waals surface area contributed by atoms with Crippen molar-refractivity contribution in [3.8, 4) is 5.75 Å². The number of rotatable bonds is 7. The lowest BCUT2D eigenvalue weighted by Gasteiger charge is -2.13. The van der Waals surface area contributed by atoms with Gasteiger partial charge >= 0.3 is 5.97 Å². The SMILES string of the molecule is Cc1cc(C)c(NC(=O)COC(=O)c2ccc(COc3ccccc3)cc2)c(C)c1. The monoisotopic (exact) mass is 403 g/mol. The second-order valence-corrected chi connectivity index (χ2v) is 7.20. The number of carbonyl (C=O) groups is 2. The van der Waals surface area contributed by atoms with E-state index < -0.39 is 5.97 Å². The summed E-state index contributed by atoms with van der Waals surface area (Å²) in [6, 6.07) is 20.4. The van der Waals surface area contributed by atoms with E-state index in [4.69, 9.17) is 9.47 Å². The molecule has 154 valence electrons. The summed E-state index contributed by atoms with van der Waals surface area (Å²) in [6.45, 7) is 5.93. The summed E-state index contributed by atoms with van der Waals surface area (Å²) in [5.74, 6) is -0.129. The fraction of sp³-hybridized carbons (Fsp3) is 0.200. The van der Waals surface area contributed by atoms with Gasteiger partial charge in [-0.3, -0.25) is 4.79 Å². The van der Waals surface area contributed by atoms with E-state index in [0.717, 1.165) is 33.7 Å². The van der Waals surface area contributed by atoms with Crippen LogP contribution in [0.5, 0.6) is 5.75 Å². The summed E-state index contributed by atoms with van der Waals surface area (Å²) in [6.07, 6.45) is 0. The number of amides is 1. The van der Waals surface area contributed by atoms with Gasteiger partial charge < -0.3 is 14.8 Å². The molecule has 0 aliphatic heterocycles. The van der Waals surface area contributed by atoms with Crippen LogP contribution >= 0.6 is 0 Å². The predicted octanol–water partition coefficient (Wildman–Crippen LogP) is 4.99. The molecule has 5 heteroatoms. The van der Waals surface area contributed by atoms with Gasteiger partial charge in [-0.2, -0.15) is 0 Å². The number of aryl methyl sites for hydroxylation is 3. The Morgan fingerprint density at radius 1 is 0.867 bits per heavy atom. The van der Waals surface area contributed by atoms with E-state index >= 15 is 0 Å². The Bertz CT molecular complexity index is 1000. The molecule has 3 aromatic carbocycles. The van der Waals surface area contributed by atoms with Crippen LogP contribution in [0.1, 0.15) is 32.6 Å². The average Bonchev–Trinajstić information content (AvgIpc) is 2.74. The highest BCUT2D eigenvalue weighted by Gasteiger charge is 2.12. The Labute approximate surface area is 176 Å². The Hall–Kier alpha value is -3.60. The molecular formula is C25H25NO4. The van der Waals surface area contributed by atoms with Crippen molar-refractivity contribution in [2.75, 3.05) is 11.9 Å². The standard InChI is InChI=1S/C25H25NO4/c1-17-13-18(2)24(19(3)14-17)26-23(27)16-30-25(28)21-11-9-20(10-12-21)15-29-22-7-5-4-6-8-22/h4-14H,15-16H2,1-3H3,(H,26,27). The molecule has 0 bridgehead atoms. The van der Waals surface area contributed by atoms with Gasteiger partial charge in [-0.25, -0.2) is 4.79 Å². The minimum absolute atomic E-state index is 0.343. The summed E-state index contributed by atoms with van der Waals surface area (Å²) in [5, 5.41) is 2.82. The minimum atomic E-state index is -0.543. The molecule has 3 aromatic rings. The number of benzene rings is 3. The highest BCUT2D eigenvalue weighted by molar-refractivity contribution is 5.96. The van der Waals surface area contributed by atoms with E-state index in [0.29, 0.717) is 12.2 Å². The number of ether oxygens (including phenoxy) is 2. The second kappa shape index (κ2) is 9.74. The summed E-state index contributed by atoms with van der Waals surface area (Å²) in [5.41, 5.74) is 5.14. The first-order valence-corrected chi connectivity index (χ1v) is 9.74. The molecule has 0 fully saturated rings. The highest BCUT2D eigenvalue weighted by Crippen LogP contribution is 2.21. The molecule has 0 unspecified atom stereocenters. The molecule has 0 aliphatic carbocycles. The smallest absolute Gasteiger partial charge is 0.338 e. The minimum Gasteiger partial charge on any atom is -0.489 e. The molecule has 3 rings (SSSR count). The van der Waals surface area contributed by atoms with E-state index in [1.54, 1.807) is 24.3 Å². The third-order valence-corrected chi connectivity index (χ3v) is 4.61. The molecule has 0 aliphatic rings. The van der Waals surface area contributed by atoms with Gasteiger partial charge in [0.1, 0.15) is 12.4 Å². The highest BCUT2D eigenvalue weighted by atomic mass is 16.5. The van der Waals surface area contributed by atoms with Gasteiger partial charge in [-0.1, -0.05) is 48.0 Å². The summed E-state index contributed by atoms with van der Waals surface area (Å²) in [4.78, 5) is 24.4. The first-order chi connectivity index (χ1) is 14.4. The molecule has 0 spiro atoms. The number of para-hydroxylation sites is 1. The van der Waals surface area contributed by atoms with Gasteiger partial charge in [0.05, 0.1) is 5.56 Å². The van der Waals surface area contributed by atoms with E-state index in [2.05, 4.69) is 5.32 Å². The van der Waals surface area contributed by atoms with Crippen molar-refractivity contribution in [3.63, 3.8) is 0 Å². The number of anilines is 1. The van der Waals surface area contributed by atoms with Crippen molar-refractivity contribution in [1.29, 1.82) is 0 Å². The fourth-order valence-corrected chi connectivity index (χ4v) is 3.19. The molecule has 1 amide bonds. The molecule has 0 saturated heterocycles. The summed E-state index contributed by atoms with van der Waals surface area (Å²) < 4.78 is 10.8. The van der Waals surface area contributed by atoms with Crippen LogP contribution in [-0.2, 0) is 16.1 Å². The molecule has 1 N–H and O–H groups in total. The summed E-state index contributed by atoms with van der Waals surface area (Å²) in [7, 11) is 0. The van der Waals surface area contributed by atoms with Crippen LogP contribution in [0.4, 0.5) is 5.69 Å². The summed E-state index contributed by atoms with van der Waals surface area (Å²) >= 11 is 0. The van der Waals surface area contributed by atoms with Gasteiger partial charge in [0.2, 0.25) is 0 Å². The lowest BCUT2D eigenvalue weighted by molar-refractivity contribution is -0.119. The zero-order chi connectivity index (χ0) is 21.5. The third kappa shape index (κ3) is 5.70. The zero-order valence-corrected chi connectivity index (χ0v) is 17.4. The Morgan fingerprint density at radius 2 is 1.50 bits per heavy atom. The van der Waals surface area contributed by atoms with E-state index in [1.807, 2.05) is 63.2 Å². The second-order valence-electron chi connectivity index (χ2n) is 7.20. The number of esters is 1. The largest absolute Gasteiger partial charge is 0.489 e. The van der Waals surface area contributed by atoms with Gasteiger partial charge in [-0.15, -0.1) is 0 Å². The van der Waals surface area contributed by atoms with Crippen molar-refractivity contribution < 1.29 is 19.1 Å². The molecule has 0 atom stereocenters. The van der Waals surface area contributed by atoms with Crippen LogP contribution < -0.4 is 10.1 Å². The first kappa shape index (κ1) is 21.1. The molecule has 0 radical (unpaired) electrons. The zero-order valence-electron chi connectivity index (χ0n) is 17.4. The van der Waals surface area contributed by atoms with Gasteiger partial charge in [0.25, 0.3) is 5.91 Å². The Morgan fingerprint density at radius 3 is 2.13 bits per heavy atom. The topological polar surface area (TPSA) is 64.6 Å². The van der Waals surface area contributed by atoms with E-state index in [-0.39, 0.29) is 12.5 Å². The van der Waals surface area contributed by atoms with Crippen molar-refractivity contribution in [2.24, 2.45) is 0 Å². The lowest BCUT2D eigenvalue weighted by atomic mass is 10.1. The van der Waals surface area contributed by atoms with Crippen LogP contribution in [0.2, 0.25) is 0 Å². The first-order valence-electron chi connectivity index (χ1n) is 9.74. The van der Waals surface area contributed by atoms with Crippen LogP contribution in [-0.4, -0.2) is 18.5 Å². The Kier molecular flexibility index (Phi) is 6.86.